The smallest absolute Gasteiger partial charge is 0.252 e. The van der Waals surface area contributed by atoms with E-state index < -0.39 is 0 Å². The molecule has 1 fully saturated rings. The molecule has 0 aliphatic heterocycles. The van der Waals surface area contributed by atoms with E-state index in [0.717, 1.165) is 23.1 Å². The zero-order chi connectivity index (χ0) is 16.0. The summed E-state index contributed by atoms with van der Waals surface area (Å²) in [5.74, 6) is 1.26. The van der Waals surface area contributed by atoms with Gasteiger partial charge in [-0.1, -0.05) is 18.2 Å². The second kappa shape index (κ2) is 5.16. The number of benzene rings is 1. The molecule has 1 N–H and O–H groups in total. The van der Waals surface area contributed by atoms with Crippen molar-refractivity contribution in [1.29, 1.82) is 0 Å². The van der Waals surface area contributed by atoms with E-state index in [1.165, 1.54) is 16.7 Å². The van der Waals surface area contributed by atoms with Crippen LogP contribution in [0, 0.1) is 0 Å². The number of allylic oxidation sites excluding steroid dienone is 6. The van der Waals surface area contributed by atoms with E-state index in [0.29, 0.717) is 18.0 Å². The van der Waals surface area contributed by atoms with E-state index >= 15 is 0 Å². The number of rotatable bonds is 5. The van der Waals surface area contributed by atoms with Crippen LogP contribution in [0.25, 0.3) is 0 Å². The van der Waals surface area contributed by atoms with Gasteiger partial charge in [0, 0.05) is 17.7 Å². The van der Waals surface area contributed by atoms with Gasteiger partial charge in [0.15, 0.2) is 11.5 Å². The highest BCUT2D eigenvalue weighted by molar-refractivity contribution is 6.01. The third-order valence-corrected chi connectivity index (χ3v) is 4.44. The fraction of sp³-hybridized carbons (Fsp3) is 0.211. The highest BCUT2D eigenvalue weighted by Gasteiger charge is 2.35. The topological polar surface area (TPSA) is 47.6 Å². The number of hydrogen-bond donors (Lipinski definition) is 1. The molecule has 0 atom stereocenters. The third kappa shape index (κ3) is 2.18. The summed E-state index contributed by atoms with van der Waals surface area (Å²) in [7, 11) is 3.20. The number of carbonyl (C=O) groups excluding carboxylic acids is 1. The van der Waals surface area contributed by atoms with Crippen molar-refractivity contribution in [3.8, 4) is 11.5 Å². The number of fused-ring (bicyclic) bond motifs is 2. The van der Waals surface area contributed by atoms with Crippen LogP contribution >= 0.6 is 0 Å². The molecule has 0 unspecified atom stereocenters. The molecule has 1 aromatic rings. The molecule has 4 rings (SSSR count). The number of para-hydroxylation sites is 1. The first-order valence-corrected chi connectivity index (χ1v) is 7.58. The van der Waals surface area contributed by atoms with Crippen molar-refractivity contribution in [2.75, 3.05) is 14.2 Å². The lowest BCUT2D eigenvalue weighted by Gasteiger charge is -2.13. The van der Waals surface area contributed by atoms with Crippen LogP contribution in [0.15, 0.2) is 64.3 Å². The Kier molecular flexibility index (Phi) is 3.11. The Hall–Kier alpha value is -2.75. The summed E-state index contributed by atoms with van der Waals surface area (Å²) < 4.78 is 10.7. The molecule has 1 amide bonds. The third-order valence-electron chi connectivity index (χ3n) is 4.44. The van der Waals surface area contributed by atoms with Crippen LogP contribution in [0.5, 0.6) is 11.5 Å². The van der Waals surface area contributed by atoms with E-state index in [1.54, 1.807) is 14.2 Å². The van der Waals surface area contributed by atoms with Gasteiger partial charge in [-0.2, -0.15) is 0 Å². The Labute approximate surface area is 134 Å². The van der Waals surface area contributed by atoms with E-state index in [2.05, 4.69) is 11.4 Å². The molecule has 3 aliphatic carbocycles. The molecule has 1 aromatic carbocycles. The fourth-order valence-electron chi connectivity index (χ4n) is 3.20. The van der Waals surface area contributed by atoms with Crippen LogP contribution in [0.3, 0.4) is 0 Å². The van der Waals surface area contributed by atoms with Crippen molar-refractivity contribution >= 4 is 5.91 Å². The SMILES string of the molecule is COc1cccc(CNC(=O)C2=C3C=C4CC4=C3C=C2)c1OC. The molecule has 0 aromatic heterocycles. The van der Waals surface area contributed by atoms with Crippen LogP contribution in [0.1, 0.15) is 12.0 Å². The Morgan fingerprint density at radius 2 is 2.04 bits per heavy atom. The lowest BCUT2D eigenvalue weighted by molar-refractivity contribution is -0.117. The molecular formula is C19H17NO3. The molecule has 23 heavy (non-hydrogen) atoms. The van der Waals surface area contributed by atoms with Gasteiger partial charge < -0.3 is 14.8 Å². The van der Waals surface area contributed by atoms with Crippen molar-refractivity contribution in [3.63, 3.8) is 0 Å². The molecule has 116 valence electrons. The summed E-state index contributed by atoms with van der Waals surface area (Å²) in [6, 6.07) is 5.64. The summed E-state index contributed by atoms with van der Waals surface area (Å²) in [6.45, 7) is 0.395. The second-order valence-electron chi connectivity index (χ2n) is 5.73. The Morgan fingerprint density at radius 3 is 2.83 bits per heavy atom. The van der Waals surface area contributed by atoms with Crippen molar-refractivity contribution in [3.05, 3.63) is 69.9 Å². The average Bonchev–Trinajstić information content (AvgIpc) is 3.05. The molecule has 4 heteroatoms. The zero-order valence-corrected chi connectivity index (χ0v) is 13.1. The molecule has 0 saturated heterocycles. The van der Waals surface area contributed by atoms with Crippen LogP contribution in [0.4, 0.5) is 0 Å². The van der Waals surface area contributed by atoms with Gasteiger partial charge in [-0.25, -0.2) is 0 Å². The largest absolute Gasteiger partial charge is 0.493 e. The molecule has 0 spiro atoms. The van der Waals surface area contributed by atoms with E-state index in [-0.39, 0.29) is 5.91 Å². The second-order valence-corrected chi connectivity index (χ2v) is 5.73. The van der Waals surface area contributed by atoms with Crippen molar-refractivity contribution in [2.24, 2.45) is 0 Å². The van der Waals surface area contributed by atoms with Crippen LogP contribution in [-0.4, -0.2) is 20.1 Å². The number of methoxy groups -OCH3 is 2. The predicted octanol–water partition coefficient (Wildman–Crippen LogP) is 2.83. The van der Waals surface area contributed by atoms with Crippen molar-refractivity contribution in [1.82, 2.24) is 5.32 Å². The van der Waals surface area contributed by atoms with Crippen molar-refractivity contribution < 1.29 is 14.3 Å². The van der Waals surface area contributed by atoms with Crippen LogP contribution in [0.2, 0.25) is 0 Å². The molecule has 0 radical (unpaired) electrons. The average molecular weight is 307 g/mol. The maximum absolute atomic E-state index is 12.5. The quantitative estimate of drug-likeness (QED) is 0.910. The summed E-state index contributed by atoms with van der Waals surface area (Å²) in [5.41, 5.74) is 6.70. The molecular weight excluding hydrogens is 290 g/mol. The first-order chi connectivity index (χ1) is 11.2. The summed E-state index contributed by atoms with van der Waals surface area (Å²) >= 11 is 0. The highest BCUT2D eigenvalue weighted by Crippen LogP contribution is 2.51. The van der Waals surface area contributed by atoms with Crippen LogP contribution < -0.4 is 14.8 Å². The summed E-state index contributed by atoms with van der Waals surface area (Å²) in [5, 5.41) is 2.97. The van der Waals surface area contributed by atoms with Gasteiger partial charge >= 0.3 is 0 Å². The number of carbonyl (C=O) groups is 1. The molecule has 0 heterocycles. The van der Waals surface area contributed by atoms with E-state index in [9.17, 15) is 4.79 Å². The minimum Gasteiger partial charge on any atom is -0.493 e. The van der Waals surface area contributed by atoms with E-state index in [4.69, 9.17) is 9.47 Å². The first kappa shape index (κ1) is 13.9. The lowest BCUT2D eigenvalue weighted by Crippen LogP contribution is -2.24. The predicted molar refractivity (Wildman–Crippen MR) is 87.3 cm³/mol. The number of ether oxygens (including phenoxy) is 2. The Bertz CT molecular complexity index is 840. The summed E-state index contributed by atoms with van der Waals surface area (Å²) in [6.07, 6.45) is 7.16. The number of hydrogen-bond acceptors (Lipinski definition) is 3. The van der Waals surface area contributed by atoms with E-state index in [1.807, 2.05) is 30.4 Å². The maximum Gasteiger partial charge on any atom is 0.252 e. The normalized spacial score (nSPS) is 17.0. The van der Waals surface area contributed by atoms with Crippen LogP contribution in [-0.2, 0) is 11.3 Å². The minimum atomic E-state index is -0.0603. The van der Waals surface area contributed by atoms with Gasteiger partial charge in [-0.05, 0) is 46.9 Å². The highest BCUT2D eigenvalue weighted by atomic mass is 16.5. The first-order valence-electron chi connectivity index (χ1n) is 7.58. The number of nitrogens with one attached hydrogen (secondary N) is 1. The van der Waals surface area contributed by atoms with Crippen molar-refractivity contribution in [2.45, 2.75) is 13.0 Å². The Balaban J connectivity index is 1.52. The minimum absolute atomic E-state index is 0.0603. The number of amides is 1. The summed E-state index contributed by atoms with van der Waals surface area (Å²) in [4.78, 5) is 12.5. The molecule has 3 aliphatic rings. The lowest BCUT2D eigenvalue weighted by atomic mass is 10.1. The molecule has 4 nitrogen and oxygen atoms in total. The Morgan fingerprint density at radius 1 is 1.17 bits per heavy atom. The monoisotopic (exact) mass is 307 g/mol. The van der Waals surface area contributed by atoms with Gasteiger partial charge in [0.2, 0.25) is 0 Å². The van der Waals surface area contributed by atoms with Gasteiger partial charge in [0.25, 0.3) is 5.91 Å². The van der Waals surface area contributed by atoms with Gasteiger partial charge in [0.1, 0.15) is 0 Å². The standard InChI is InChI=1S/C19H17NO3/c1-22-17-5-3-4-11(18(17)23-2)10-20-19(21)14-7-6-13-15-8-12(15)9-16(13)14/h3-7,9H,8,10H2,1-2H3,(H,20,21). The fourth-order valence-corrected chi connectivity index (χ4v) is 3.20. The zero-order valence-electron chi connectivity index (χ0n) is 13.1. The van der Waals surface area contributed by atoms with Gasteiger partial charge in [-0.15, -0.1) is 0 Å². The molecule has 1 saturated carbocycles. The van der Waals surface area contributed by atoms with Gasteiger partial charge in [0.05, 0.1) is 14.2 Å². The maximum atomic E-state index is 12.5. The van der Waals surface area contributed by atoms with Gasteiger partial charge in [-0.3, -0.25) is 4.79 Å². The molecule has 0 bridgehead atoms.